The zero-order valence-corrected chi connectivity index (χ0v) is 22.4. The molecule has 1 saturated heterocycles. The summed E-state index contributed by atoms with van der Waals surface area (Å²) in [6.45, 7) is 3.42. The maximum atomic E-state index is 14.4. The molecule has 6 nitrogen and oxygen atoms in total. The van der Waals surface area contributed by atoms with Crippen molar-refractivity contribution in [3.63, 3.8) is 0 Å². The number of benzene rings is 2. The van der Waals surface area contributed by atoms with Gasteiger partial charge in [0, 0.05) is 55.9 Å². The van der Waals surface area contributed by atoms with Crippen LogP contribution in [-0.4, -0.2) is 59.2 Å². The first kappa shape index (κ1) is 25.0. The average molecular weight is 520 g/mol. The van der Waals surface area contributed by atoms with Crippen molar-refractivity contribution in [2.75, 3.05) is 38.6 Å². The monoisotopic (exact) mass is 519 g/mol. The second-order valence-corrected chi connectivity index (χ2v) is 11.2. The number of rotatable bonds is 4. The van der Waals surface area contributed by atoms with E-state index in [0.717, 1.165) is 73.4 Å². The fourth-order valence-electron chi connectivity index (χ4n) is 6.41. The van der Waals surface area contributed by atoms with Crippen molar-refractivity contribution in [3.8, 4) is 11.1 Å². The number of aromatic nitrogens is 2. The zero-order chi connectivity index (χ0) is 26.6. The van der Waals surface area contributed by atoms with E-state index in [1.165, 1.54) is 5.56 Å². The number of halogens is 2. The molecule has 0 bridgehead atoms. The van der Waals surface area contributed by atoms with E-state index in [4.69, 9.17) is 0 Å². The number of alkyl halides is 2. The van der Waals surface area contributed by atoms with Gasteiger partial charge < -0.3 is 14.7 Å². The minimum atomic E-state index is -2.59. The van der Waals surface area contributed by atoms with Crippen LogP contribution in [-0.2, 0) is 31.2 Å². The van der Waals surface area contributed by atoms with Crippen molar-refractivity contribution in [2.45, 2.75) is 51.0 Å². The fraction of sp³-hybridized carbons (Fsp3) is 0.467. The predicted molar refractivity (Wildman–Crippen MR) is 145 cm³/mol. The van der Waals surface area contributed by atoms with Gasteiger partial charge in [-0.1, -0.05) is 6.07 Å². The number of piperidine rings is 1. The van der Waals surface area contributed by atoms with E-state index in [0.29, 0.717) is 30.0 Å². The third-order valence-electron chi connectivity index (χ3n) is 8.60. The van der Waals surface area contributed by atoms with E-state index >= 15 is 0 Å². The van der Waals surface area contributed by atoms with Crippen molar-refractivity contribution < 1.29 is 13.6 Å². The molecule has 0 saturated carbocycles. The lowest BCUT2D eigenvalue weighted by Crippen LogP contribution is -2.35. The van der Waals surface area contributed by atoms with Crippen molar-refractivity contribution in [1.82, 2.24) is 19.6 Å². The van der Waals surface area contributed by atoms with E-state index in [-0.39, 0.29) is 11.5 Å². The van der Waals surface area contributed by atoms with Gasteiger partial charge in [-0.25, -0.2) is 8.78 Å². The van der Waals surface area contributed by atoms with Gasteiger partial charge in [-0.2, -0.15) is 5.10 Å². The molecule has 3 aliphatic rings. The van der Waals surface area contributed by atoms with Gasteiger partial charge in [-0.05, 0) is 97.8 Å². The summed E-state index contributed by atoms with van der Waals surface area (Å²) in [4.78, 5) is 19.1. The predicted octanol–water partition coefficient (Wildman–Crippen LogP) is 5.43. The Morgan fingerprint density at radius 1 is 0.974 bits per heavy atom. The van der Waals surface area contributed by atoms with Gasteiger partial charge in [0.15, 0.2) is 0 Å². The molecule has 0 atom stereocenters. The molecule has 4 heterocycles. The van der Waals surface area contributed by atoms with Crippen LogP contribution in [0.3, 0.4) is 0 Å². The van der Waals surface area contributed by atoms with E-state index in [1.54, 1.807) is 35.1 Å². The Morgan fingerprint density at radius 3 is 2.47 bits per heavy atom. The molecule has 0 unspecified atom stereocenters. The van der Waals surface area contributed by atoms with Gasteiger partial charge in [0.05, 0.1) is 12.6 Å². The van der Waals surface area contributed by atoms with Crippen molar-refractivity contribution >= 4 is 17.3 Å². The molecule has 0 radical (unpaired) electrons. The summed E-state index contributed by atoms with van der Waals surface area (Å²) >= 11 is 0. The largest absolute Gasteiger partial charge is 0.341 e. The number of nitrogens with zero attached hydrogens (tertiary/aromatic N) is 5. The summed E-state index contributed by atoms with van der Waals surface area (Å²) < 4.78 is 30.5. The highest BCUT2D eigenvalue weighted by atomic mass is 19.3. The summed E-state index contributed by atoms with van der Waals surface area (Å²) in [5, 5.41) is 4.21. The third-order valence-corrected chi connectivity index (χ3v) is 8.60. The Morgan fingerprint density at radius 2 is 1.76 bits per heavy atom. The van der Waals surface area contributed by atoms with Gasteiger partial charge in [0.1, 0.15) is 0 Å². The molecule has 6 rings (SSSR count). The van der Waals surface area contributed by atoms with Gasteiger partial charge in [0.2, 0.25) is 5.91 Å². The van der Waals surface area contributed by atoms with Crippen LogP contribution in [0.5, 0.6) is 0 Å². The SMILES string of the molecule is CN1CCC(c2cc3c(c(N4CCCc5cc(-c6cnn(C)c6)c(C(F)F)cc54)c2)CN(C)C(=O)C3)CC1. The lowest BCUT2D eigenvalue weighted by atomic mass is 9.84. The first-order valence-corrected chi connectivity index (χ1v) is 13.6. The normalized spacial score (nSPS) is 18.7. The second kappa shape index (κ2) is 9.80. The Labute approximate surface area is 222 Å². The standard InChI is InChI=1S/C30H35F2N5O/c1-34-9-6-19(7-10-34)21-11-22-14-29(38)35(2)18-26(22)28(13-21)37-8-4-5-20-12-24(23-16-33-36(3)17-23)25(30(31)32)15-27(20)37/h11-13,15-17,19,30H,4-10,14,18H2,1-3H3. The maximum Gasteiger partial charge on any atom is 0.264 e. The molecular weight excluding hydrogens is 484 g/mol. The summed E-state index contributed by atoms with van der Waals surface area (Å²) in [5.74, 6) is 0.572. The molecule has 0 aliphatic carbocycles. The molecule has 0 N–H and O–H groups in total. The van der Waals surface area contributed by atoms with Gasteiger partial charge in [0.25, 0.3) is 6.43 Å². The Kier molecular flexibility index (Phi) is 6.46. The first-order chi connectivity index (χ1) is 18.3. The molecule has 8 heteroatoms. The second-order valence-electron chi connectivity index (χ2n) is 11.2. The van der Waals surface area contributed by atoms with Crippen LogP contribution in [0.4, 0.5) is 20.2 Å². The summed E-state index contributed by atoms with van der Waals surface area (Å²) in [7, 11) is 5.81. The number of fused-ring (bicyclic) bond motifs is 2. The number of amides is 1. The molecule has 1 fully saturated rings. The lowest BCUT2D eigenvalue weighted by Gasteiger charge is -2.38. The van der Waals surface area contributed by atoms with Crippen LogP contribution >= 0.6 is 0 Å². The molecule has 2 aromatic carbocycles. The number of aryl methyl sites for hydroxylation is 2. The molecule has 1 amide bonds. The average Bonchev–Trinajstić information content (AvgIpc) is 3.34. The zero-order valence-electron chi connectivity index (χ0n) is 22.4. The van der Waals surface area contributed by atoms with Gasteiger partial charge >= 0.3 is 0 Å². The van der Waals surface area contributed by atoms with Crippen molar-refractivity contribution in [2.24, 2.45) is 7.05 Å². The molecular formula is C30H35F2N5O. The summed E-state index contributed by atoms with van der Waals surface area (Å²) in [6.07, 6.45) is 5.20. The number of hydrogen-bond donors (Lipinski definition) is 0. The molecule has 38 heavy (non-hydrogen) atoms. The molecule has 1 aromatic heterocycles. The highest BCUT2D eigenvalue weighted by molar-refractivity contribution is 5.84. The minimum absolute atomic E-state index is 0.0382. The number of likely N-dealkylation sites (N-methyl/N-ethyl adjacent to an activating group) is 1. The Balaban J connectivity index is 1.48. The topological polar surface area (TPSA) is 44.6 Å². The highest BCUT2D eigenvalue weighted by Gasteiger charge is 2.31. The van der Waals surface area contributed by atoms with E-state index in [2.05, 4.69) is 34.1 Å². The Bertz CT molecular complexity index is 1380. The van der Waals surface area contributed by atoms with E-state index < -0.39 is 6.43 Å². The Hall–Kier alpha value is -3.26. The van der Waals surface area contributed by atoms with Crippen LogP contribution in [0.15, 0.2) is 36.7 Å². The molecule has 200 valence electrons. The number of hydrogen-bond acceptors (Lipinski definition) is 4. The van der Waals surface area contributed by atoms with Crippen molar-refractivity contribution in [3.05, 3.63) is 64.5 Å². The van der Waals surface area contributed by atoms with Crippen LogP contribution in [0.25, 0.3) is 11.1 Å². The summed E-state index contributed by atoms with van der Waals surface area (Å²) in [6, 6.07) is 8.20. The quantitative estimate of drug-likeness (QED) is 0.461. The lowest BCUT2D eigenvalue weighted by molar-refractivity contribution is -0.130. The third kappa shape index (κ3) is 4.49. The van der Waals surface area contributed by atoms with Gasteiger partial charge in [-0.3, -0.25) is 9.48 Å². The molecule has 3 aliphatic heterocycles. The maximum absolute atomic E-state index is 14.4. The summed E-state index contributed by atoms with van der Waals surface area (Å²) in [5.41, 5.74) is 7.84. The fourth-order valence-corrected chi connectivity index (χ4v) is 6.41. The highest BCUT2D eigenvalue weighted by Crippen LogP contribution is 2.44. The van der Waals surface area contributed by atoms with E-state index in [1.807, 2.05) is 13.1 Å². The van der Waals surface area contributed by atoms with Crippen LogP contribution in [0.1, 0.15) is 59.4 Å². The number of carbonyl (C=O) groups is 1. The molecule has 3 aromatic rings. The minimum Gasteiger partial charge on any atom is -0.341 e. The first-order valence-electron chi connectivity index (χ1n) is 13.6. The number of likely N-dealkylation sites (tertiary alicyclic amines) is 1. The van der Waals surface area contributed by atoms with Crippen LogP contribution in [0, 0.1) is 0 Å². The van der Waals surface area contributed by atoms with Gasteiger partial charge in [-0.15, -0.1) is 0 Å². The number of carbonyl (C=O) groups excluding carboxylic acids is 1. The van der Waals surface area contributed by atoms with E-state index in [9.17, 15) is 13.6 Å². The molecule has 0 spiro atoms. The van der Waals surface area contributed by atoms with Crippen molar-refractivity contribution in [1.29, 1.82) is 0 Å². The van der Waals surface area contributed by atoms with Crippen LogP contribution in [0.2, 0.25) is 0 Å². The number of anilines is 2. The smallest absolute Gasteiger partial charge is 0.264 e. The van der Waals surface area contributed by atoms with Crippen LogP contribution < -0.4 is 4.90 Å².